The molecule has 0 radical (unpaired) electrons. The van der Waals surface area contributed by atoms with Crippen LogP contribution in [0.15, 0.2) is 24.3 Å². The molecule has 0 aliphatic carbocycles. The van der Waals surface area contributed by atoms with Crippen molar-refractivity contribution in [3.05, 3.63) is 29.8 Å². The van der Waals surface area contributed by atoms with Gasteiger partial charge in [0.05, 0.1) is 0 Å². The van der Waals surface area contributed by atoms with E-state index in [1.165, 1.54) is 17.0 Å². The topological polar surface area (TPSA) is 50.8 Å². The molecular weight excluding hydrogens is 380 g/mol. The molecule has 0 aromatic heterocycles. The number of benzene rings is 1. The summed E-state index contributed by atoms with van der Waals surface area (Å²) in [6.07, 6.45) is 3.29. The van der Waals surface area contributed by atoms with Crippen molar-refractivity contribution >= 4 is 5.91 Å². The SMILES string of the molecule is CC[CH2][Cr][CH2]CC(OC)C(C)NC(=O)c1ccc(OCCCN(C)C)cc1. The molecule has 0 fully saturated rings. The molecule has 1 aromatic carbocycles. The van der Waals surface area contributed by atoms with Crippen molar-refractivity contribution in [1.82, 2.24) is 10.2 Å². The van der Waals surface area contributed by atoms with Crippen molar-refractivity contribution in [1.29, 1.82) is 0 Å². The molecule has 2 atom stereocenters. The first-order chi connectivity index (χ1) is 13.0. The second kappa shape index (κ2) is 14.0. The third-order valence-corrected chi connectivity index (χ3v) is 6.16. The summed E-state index contributed by atoms with van der Waals surface area (Å²) < 4.78 is 11.3. The molecule has 154 valence electrons. The Morgan fingerprint density at radius 3 is 2.52 bits per heavy atom. The summed E-state index contributed by atoms with van der Waals surface area (Å²) in [6, 6.07) is 7.33. The van der Waals surface area contributed by atoms with Crippen LogP contribution in [0.4, 0.5) is 0 Å². The molecule has 0 aliphatic rings. The number of nitrogens with one attached hydrogen (secondary N) is 1. The molecule has 1 amide bonds. The first-order valence-electron chi connectivity index (χ1n) is 9.76. The van der Waals surface area contributed by atoms with Gasteiger partial charge in [-0.05, 0) is 20.5 Å². The van der Waals surface area contributed by atoms with Crippen molar-refractivity contribution < 1.29 is 29.5 Å². The summed E-state index contributed by atoms with van der Waals surface area (Å²) in [5.74, 6) is 0.731. The van der Waals surface area contributed by atoms with Crippen LogP contribution in [0, 0.1) is 0 Å². The average Bonchev–Trinajstić information content (AvgIpc) is 2.65. The number of nitrogens with zero attached hydrogens (tertiary/aromatic N) is 1. The van der Waals surface area contributed by atoms with E-state index in [-0.39, 0.29) is 18.1 Å². The van der Waals surface area contributed by atoms with Crippen molar-refractivity contribution in [3.8, 4) is 5.75 Å². The van der Waals surface area contributed by atoms with Gasteiger partial charge in [-0.1, -0.05) is 0 Å². The van der Waals surface area contributed by atoms with Crippen LogP contribution in [0.2, 0.25) is 10.6 Å². The molecule has 0 bridgehead atoms. The first-order valence-corrected chi connectivity index (χ1v) is 11.6. The molecule has 5 nitrogen and oxygen atoms in total. The van der Waals surface area contributed by atoms with Crippen LogP contribution in [0.3, 0.4) is 0 Å². The minimum atomic E-state index is -0.0669. The number of carbonyl (C=O) groups excluding carboxylic acids is 1. The molecule has 0 heterocycles. The van der Waals surface area contributed by atoms with E-state index < -0.39 is 0 Å². The van der Waals surface area contributed by atoms with E-state index in [4.69, 9.17) is 9.47 Å². The fraction of sp³-hybridized carbons (Fsp3) is 0.667. The Balaban J connectivity index is 2.43. The number of amides is 1. The molecule has 0 saturated heterocycles. The average molecular weight is 417 g/mol. The van der Waals surface area contributed by atoms with Crippen molar-refractivity contribution in [2.24, 2.45) is 0 Å². The van der Waals surface area contributed by atoms with E-state index in [0.717, 1.165) is 25.1 Å². The van der Waals surface area contributed by atoms with E-state index in [9.17, 15) is 4.79 Å². The van der Waals surface area contributed by atoms with Crippen LogP contribution in [-0.2, 0) is 20.0 Å². The minimum absolute atomic E-state index is 0.0121. The van der Waals surface area contributed by atoms with Gasteiger partial charge in [-0.15, -0.1) is 0 Å². The maximum absolute atomic E-state index is 12.5. The number of methoxy groups -OCH3 is 1. The van der Waals surface area contributed by atoms with Crippen LogP contribution in [0.1, 0.15) is 43.5 Å². The number of hydrogen-bond acceptors (Lipinski definition) is 4. The van der Waals surface area contributed by atoms with Crippen molar-refractivity contribution in [2.75, 3.05) is 34.4 Å². The van der Waals surface area contributed by atoms with E-state index >= 15 is 0 Å². The van der Waals surface area contributed by atoms with Gasteiger partial charge in [-0.25, -0.2) is 0 Å². The Morgan fingerprint density at radius 1 is 1.22 bits per heavy atom. The fourth-order valence-electron chi connectivity index (χ4n) is 2.67. The summed E-state index contributed by atoms with van der Waals surface area (Å²) in [5, 5.41) is 5.58. The van der Waals surface area contributed by atoms with Crippen LogP contribution in [0.25, 0.3) is 0 Å². The van der Waals surface area contributed by atoms with Gasteiger partial charge in [0.2, 0.25) is 0 Å². The first kappa shape index (κ1) is 24.0. The second-order valence-electron chi connectivity index (χ2n) is 6.97. The Morgan fingerprint density at radius 2 is 1.93 bits per heavy atom. The molecule has 1 rings (SSSR count). The molecule has 0 aliphatic heterocycles. The molecule has 6 heteroatoms. The van der Waals surface area contributed by atoms with Crippen LogP contribution in [-0.4, -0.2) is 57.3 Å². The zero-order valence-electron chi connectivity index (χ0n) is 17.5. The number of hydrogen-bond donors (Lipinski definition) is 1. The Bertz CT molecular complexity index is 523. The van der Waals surface area contributed by atoms with E-state index in [1.807, 2.05) is 31.2 Å². The van der Waals surface area contributed by atoms with Crippen LogP contribution >= 0.6 is 0 Å². The number of rotatable bonds is 14. The van der Waals surface area contributed by atoms with Gasteiger partial charge in [-0.2, -0.15) is 0 Å². The number of ether oxygens (including phenoxy) is 2. The summed E-state index contributed by atoms with van der Waals surface area (Å²) in [7, 11) is 5.83. The van der Waals surface area contributed by atoms with E-state index in [1.54, 1.807) is 7.11 Å². The monoisotopic (exact) mass is 416 g/mol. The predicted molar refractivity (Wildman–Crippen MR) is 107 cm³/mol. The van der Waals surface area contributed by atoms with Crippen molar-refractivity contribution in [2.45, 2.75) is 55.8 Å². The third kappa shape index (κ3) is 10.2. The van der Waals surface area contributed by atoms with Gasteiger partial charge in [0, 0.05) is 6.54 Å². The zero-order valence-corrected chi connectivity index (χ0v) is 18.8. The summed E-state index contributed by atoms with van der Waals surface area (Å²) in [4.78, 5) is 14.6. The fourth-order valence-corrected chi connectivity index (χ4v) is 4.07. The molecule has 1 aromatic rings. The normalized spacial score (nSPS) is 13.4. The van der Waals surface area contributed by atoms with Crippen LogP contribution in [0.5, 0.6) is 5.75 Å². The van der Waals surface area contributed by atoms with Gasteiger partial charge in [0.25, 0.3) is 0 Å². The van der Waals surface area contributed by atoms with Gasteiger partial charge in [0.15, 0.2) is 0 Å². The van der Waals surface area contributed by atoms with E-state index in [2.05, 4.69) is 31.2 Å². The van der Waals surface area contributed by atoms with Gasteiger partial charge in [-0.3, -0.25) is 0 Å². The predicted octanol–water partition coefficient (Wildman–Crippen LogP) is 3.87. The molecule has 27 heavy (non-hydrogen) atoms. The van der Waals surface area contributed by atoms with Gasteiger partial charge < -0.3 is 4.90 Å². The molecular formula is C21H36CrN2O3. The third-order valence-electron chi connectivity index (χ3n) is 4.25. The standard InChI is InChI=1S/C18H29N2O3.C3H7.Cr/c1-6-17(22-5)14(2)19-18(21)15-8-10-16(11-9-15)23-13-7-12-20(3)4;1-3-2;/h8-11,14,17H,1,6-7,12-13H2,2-5H3,(H,19,21);1,3H2,2H3;. The quantitative estimate of drug-likeness (QED) is 0.468. The van der Waals surface area contributed by atoms with Gasteiger partial charge >= 0.3 is 139 Å². The molecule has 1 N–H and O–H groups in total. The number of carbonyl (C=O) groups is 1. The summed E-state index contributed by atoms with van der Waals surface area (Å²) >= 11 is 0.678. The Hall–Kier alpha value is -1.06. The Kier molecular flexibility index (Phi) is 12.4. The second-order valence-corrected chi connectivity index (χ2v) is 8.88. The summed E-state index contributed by atoms with van der Waals surface area (Å²) in [6.45, 7) is 5.91. The van der Waals surface area contributed by atoms with E-state index in [0.29, 0.717) is 27.4 Å². The maximum atomic E-state index is 12.5. The molecule has 0 spiro atoms. The summed E-state index contributed by atoms with van der Waals surface area (Å²) in [5.41, 5.74) is 0.646. The van der Waals surface area contributed by atoms with Crippen molar-refractivity contribution in [3.63, 3.8) is 0 Å². The van der Waals surface area contributed by atoms with Gasteiger partial charge in [0.1, 0.15) is 0 Å². The van der Waals surface area contributed by atoms with Crippen LogP contribution < -0.4 is 10.1 Å². The Labute approximate surface area is 171 Å². The molecule has 2 unspecified atom stereocenters. The zero-order chi connectivity index (χ0) is 20.1. The molecule has 0 saturated carbocycles.